The minimum Gasteiger partial charge on any atom is -0.256 e. The average Bonchev–Trinajstić information content (AvgIpc) is 2.19. The number of halogens is 2. The SMILES string of the molecule is [Cl][Ni][Cl].[H+].c1ccc2ncccc2c1. The van der Waals surface area contributed by atoms with E-state index < -0.39 is 0 Å². The predicted octanol–water partition coefficient (Wildman–Crippen LogP) is 3.72. The molecular formula is C9H8Cl2NNi+. The molecule has 2 rings (SSSR count). The Morgan fingerprint density at radius 2 is 1.69 bits per heavy atom. The van der Waals surface area contributed by atoms with Gasteiger partial charge in [-0.25, -0.2) is 0 Å². The summed E-state index contributed by atoms with van der Waals surface area (Å²) in [6.07, 6.45) is 1.81. The van der Waals surface area contributed by atoms with E-state index in [1.54, 1.807) is 0 Å². The minimum atomic E-state index is 0. The zero-order valence-electron chi connectivity index (χ0n) is 7.56. The Balaban J connectivity index is 0.000000381. The van der Waals surface area contributed by atoms with Gasteiger partial charge in [0.05, 0.1) is 5.52 Å². The van der Waals surface area contributed by atoms with Crippen LogP contribution in [0.4, 0.5) is 0 Å². The molecule has 0 aliphatic rings. The Morgan fingerprint density at radius 1 is 1.08 bits per heavy atom. The molecule has 4 heteroatoms. The molecule has 1 heterocycles. The molecule has 0 saturated carbocycles. The minimum absolute atomic E-state index is 0. The van der Waals surface area contributed by atoms with Gasteiger partial charge >= 0.3 is 34.5 Å². The van der Waals surface area contributed by atoms with Crippen molar-refractivity contribution in [3.8, 4) is 0 Å². The number of pyridine rings is 1. The van der Waals surface area contributed by atoms with Gasteiger partial charge in [-0.2, -0.15) is 0 Å². The number of benzene rings is 1. The first-order chi connectivity index (χ1) is 6.38. The van der Waals surface area contributed by atoms with E-state index in [2.05, 4.69) is 17.1 Å². The van der Waals surface area contributed by atoms with Crippen molar-refractivity contribution in [2.45, 2.75) is 0 Å². The van der Waals surface area contributed by atoms with Gasteiger partial charge < -0.3 is 0 Å². The second kappa shape index (κ2) is 6.20. The third-order valence-electron chi connectivity index (χ3n) is 1.51. The maximum Gasteiger partial charge on any atom is 1.00 e. The number of aromatic nitrogens is 1. The fourth-order valence-corrected chi connectivity index (χ4v) is 1.02. The number of para-hydroxylation sites is 1. The first-order valence-corrected chi connectivity index (χ1v) is 6.22. The molecule has 1 aromatic carbocycles. The Kier molecular flexibility index (Phi) is 5.14. The van der Waals surface area contributed by atoms with E-state index in [0.29, 0.717) is 12.7 Å². The Labute approximate surface area is 92.9 Å². The molecule has 0 atom stereocenters. The van der Waals surface area contributed by atoms with Crippen LogP contribution in [-0.2, 0) is 12.7 Å². The van der Waals surface area contributed by atoms with Crippen molar-refractivity contribution in [2.24, 2.45) is 0 Å². The molecule has 0 bridgehead atoms. The summed E-state index contributed by atoms with van der Waals surface area (Å²) < 4.78 is 0. The summed E-state index contributed by atoms with van der Waals surface area (Å²) in [5.41, 5.74) is 1.06. The Hall–Kier alpha value is -0.296. The van der Waals surface area contributed by atoms with Crippen LogP contribution in [0, 0.1) is 0 Å². The number of rotatable bonds is 0. The van der Waals surface area contributed by atoms with Crippen molar-refractivity contribution in [3.05, 3.63) is 42.6 Å². The number of fused-ring (bicyclic) bond motifs is 1. The summed E-state index contributed by atoms with van der Waals surface area (Å²) in [5.74, 6) is 0. The maximum atomic E-state index is 4.70. The average molecular weight is 260 g/mol. The summed E-state index contributed by atoms with van der Waals surface area (Å²) in [6.45, 7) is 0. The van der Waals surface area contributed by atoms with E-state index in [1.807, 2.05) is 30.5 Å². The molecule has 0 saturated heterocycles. The molecule has 1 aromatic heterocycles. The predicted molar refractivity (Wildman–Crippen MR) is 54.6 cm³/mol. The van der Waals surface area contributed by atoms with Crippen LogP contribution in [-0.4, -0.2) is 4.98 Å². The van der Waals surface area contributed by atoms with Crippen molar-refractivity contribution in [1.29, 1.82) is 0 Å². The summed E-state index contributed by atoms with van der Waals surface area (Å²) in [6, 6.07) is 12.1. The van der Waals surface area contributed by atoms with E-state index in [0.717, 1.165) is 5.52 Å². The van der Waals surface area contributed by atoms with Gasteiger partial charge in [0.15, 0.2) is 0 Å². The van der Waals surface area contributed by atoms with Crippen molar-refractivity contribution in [1.82, 2.24) is 4.98 Å². The van der Waals surface area contributed by atoms with Gasteiger partial charge in [0, 0.05) is 11.6 Å². The molecular weight excluding hydrogens is 252 g/mol. The van der Waals surface area contributed by atoms with Gasteiger partial charge in [-0.1, -0.05) is 24.3 Å². The fourth-order valence-electron chi connectivity index (χ4n) is 1.02. The third-order valence-corrected chi connectivity index (χ3v) is 1.51. The van der Waals surface area contributed by atoms with Crippen LogP contribution >= 0.6 is 20.4 Å². The van der Waals surface area contributed by atoms with Crippen molar-refractivity contribution in [2.75, 3.05) is 0 Å². The van der Waals surface area contributed by atoms with Crippen molar-refractivity contribution < 1.29 is 14.1 Å². The summed E-state index contributed by atoms with van der Waals surface area (Å²) >= 11 is 0.569. The van der Waals surface area contributed by atoms with E-state index in [9.17, 15) is 0 Å². The number of hydrogen-bond acceptors (Lipinski definition) is 1. The van der Waals surface area contributed by atoms with Crippen LogP contribution in [0.15, 0.2) is 42.6 Å². The maximum absolute atomic E-state index is 4.70. The normalized spacial score (nSPS) is 9.38. The molecule has 0 fully saturated rings. The molecule has 0 N–H and O–H groups in total. The molecule has 13 heavy (non-hydrogen) atoms. The third kappa shape index (κ3) is 3.52. The summed E-state index contributed by atoms with van der Waals surface area (Å²) in [7, 11) is 9.40. The van der Waals surface area contributed by atoms with Crippen LogP contribution in [0.1, 0.15) is 1.43 Å². The molecule has 0 aliphatic heterocycles. The van der Waals surface area contributed by atoms with E-state index in [4.69, 9.17) is 20.4 Å². The largest absolute Gasteiger partial charge is 1.00 e. The van der Waals surface area contributed by atoms with Crippen molar-refractivity contribution >= 4 is 31.3 Å². The quantitative estimate of drug-likeness (QED) is 0.657. The topological polar surface area (TPSA) is 12.9 Å². The van der Waals surface area contributed by atoms with Crippen molar-refractivity contribution in [3.63, 3.8) is 0 Å². The van der Waals surface area contributed by atoms with Gasteiger partial charge in [-0.15, -0.1) is 0 Å². The monoisotopic (exact) mass is 258 g/mol. The second-order valence-electron chi connectivity index (χ2n) is 2.24. The summed E-state index contributed by atoms with van der Waals surface area (Å²) in [5, 5.41) is 1.20. The molecule has 0 radical (unpaired) electrons. The first kappa shape index (κ1) is 10.8. The zero-order chi connectivity index (χ0) is 9.52. The van der Waals surface area contributed by atoms with E-state index >= 15 is 0 Å². The van der Waals surface area contributed by atoms with Gasteiger partial charge in [0.1, 0.15) is 0 Å². The smallest absolute Gasteiger partial charge is 0.256 e. The summed E-state index contributed by atoms with van der Waals surface area (Å²) in [4.78, 5) is 4.18. The van der Waals surface area contributed by atoms with Crippen LogP contribution in [0.25, 0.3) is 10.9 Å². The standard InChI is InChI=1S/C9H7N.2ClH.Ni/c1-2-6-9-8(4-1)5-3-7-10-9;;;/h1-7H;2*1H;/q;;;+2/p-1. The molecule has 1 nitrogen and oxygen atoms in total. The van der Waals surface area contributed by atoms with Gasteiger partial charge in [-0.05, 0) is 12.1 Å². The van der Waals surface area contributed by atoms with Gasteiger partial charge in [-0.3, -0.25) is 4.98 Å². The molecule has 72 valence electrons. The van der Waals surface area contributed by atoms with Crippen LogP contribution in [0.5, 0.6) is 0 Å². The van der Waals surface area contributed by atoms with Crippen LogP contribution in [0.2, 0.25) is 0 Å². The molecule has 0 aliphatic carbocycles. The van der Waals surface area contributed by atoms with Gasteiger partial charge in [0.25, 0.3) is 0 Å². The second-order valence-corrected chi connectivity index (χ2v) is 3.87. The van der Waals surface area contributed by atoms with E-state index in [-0.39, 0.29) is 1.43 Å². The molecule has 0 unspecified atom stereocenters. The molecule has 2 aromatic rings. The Morgan fingerprint density at radius 3 is 2.38 bits per heavy atom. The Bertz CT molecular complexity index is 307. The van der Waals surface area contributed by atoms with E-state index in [1.165, 1.54) is 5.39 Å². The number of nitrogens with zero attached hydrogens (tertiary/aromatic N) is 1. The van der Waals surface area contributed by atoms with Gasteiger partial charge in [0.2, 0.25) is 0 Å². The fraction of sp³-hybridized carbons (Fsp3) is 0. The molecule has 0 amide bonds. The van der Waals surface area contributed by atoms with Crippen LogP contribution in [0.3, 0.4) is 0 Å². The molecule has 0 spiro atoms. The zero-order valence-corrected chi connectivity index (χ0v) is 9.06. The first-order valence-electron chi connectivity index (χ1n) is 3.50. The number of hydrogen-bond donors (Lipinski definition) is 0. The van der Waals surface area contributed by atoms with Crippen LogP contribution < -0.4 is 0 Å².